The predicted molar refractivity (Wildman–Crippen MR) is 131 cm³/mol. The van der Waals surface area contributed by atoms with E-state index in [4.69, 9.17) is 9.36 Å². The number of hydroxylamine groups is 1. The standard InChI is InChI=1S/C24H29FN3O8P/c1-14(22(31)32)28(36-17-6-4-3-5-7-17)37(34)35-13-16-12-15-8-9-18(24(2,25)20(15)21(16)30)27-11-10-19(29)26-23(27)33/h3-8,10-11,14,16,18,20-21,30,37H,9,12-13H2,1-2H3,(H,31,32)(H,26,29,33)/t14?,16-,18-,20?,21-,24+/m1/s1. The number of carboxylic acids is 1. The number of allylic oxidation sites excluding steroid dienone is 1. The Morgan fingerprint density at radius 1 is 1.32 bits per heavy atom. The number of benzene rings is 1. The molecule has 1 heterocycles. The van der Waals surface area contributed by atoms with Gasteiger partial charge >= 0.3 is 11.7 Å². The highest BCUT2D eigenvalue weighted by Crippen LogP contribution is 2.52. The van der Waals surface area contributed by atoms with Crippen LogP contribution in [-0.2, 0) is 13.9 Å². The summed E-state index contributed by atoms with van der Waals surface area (Å²) in [4.78, 5) is 43.7. The Morgan fingerprint density at radius 3 is 2.68 bits per heavy atom. The highest BCUT2D eigenvalue weighted by molar-refractivity contribution is 7.36. The second-order valence-electron chi connectivity index (χ2n) is 9.45. The topological polar surface area (TPSA) is 151 Å². The monoisotopic (exact) mass is 537 g/mol. The summed E-state index contributed by atoms with van der Waals surface area (Å²) in [7, 11) is -3.23. The smallest absolute Gasteiger partial charge is 0.328 e. The van der Waals surface area contributed by atoms with Gasteiger partial charge in [-0.15, -0.1) is 0 Å². The minimum absolute atomic E-state index is 0.177. The fourth-order valence-corrected chi connectivity index (χ4v) is 6.17. The number of aliphatic carboxylic acids is 1. The lowest BCUT2D eigenvalue weighted by Gasteiger charge is -2.41. The third kappa shape index (κ3) is 5.47. The Balaban J connectivity index is 1.47. The number of alkyl halides is 1. The van der Waals surface area contributed by atoms with Gasteiger partial charge in [-0.25, -0.2) is 9.18 Å². The van der Waals surface area contributed by atoms with E-state index >= 15 is 4.39 Å². The molecule has 7 atom stereocenters. The van der Waals surface area contributed by atoms with Crippen LogP contribution in [0.1, 0.15) is 32.7 Å². The lowest BCUT2D eigenvalue weighted by Crippen LogP contribution is -2.49. The number of hydrogen-bond acceptors (Lipinski definition) is 7. The van der Waals surface area contributed by atoms with Crippen LogP contribution in [0.2, 0.25) is 0 Å². The number of carboxylic acid groups (broad SMARTS) is 1. The quantitative estimate of drug-likeness (QED) is 0.249. The van der Waals surface area contributed by atoms with Gasteiger partial charge in [-0.05, 0) is 38.8 Å². The maximum Gasteiger partial charge on any atom is 0.328 e. The van der Waals surface area contributed by atoms with Crippen molar-refractivity contribution in [2.45, 2.75) is 50.5 Å². The minimum Gasteiger partial charge on any atom is -0.480 e. The zero-order valence-corrected chi connectivity index (χ0v) is 21.2. The zero-order chi connectivity index (χ0) is 26.9. The Hall–Kier alpha value is -3.05. The number of rotatable bonds is 9. The maximum atomic E-state index is 16.2. The van der Waals surface area contributed by atoms with Gasteiger partial charge in [0, 0.05) is 24.1 Å². The molecule has 0 amide bonds. The van der Waals surface area contributed by atoms with Gasteiger partial charge in [0.05, 0.1) is 18.8 Å². The number of para-hydroxylation sites is 1. The first-order valence-corrected chi connectivity index (χ1v) is 13.1. The van der Waals surface area contributed by atoms with Crippen LogP contribution in [0.5, 0.6) is 5.75 Å². The van der Waals surface area contributed by atoms with Crippen molar-refractivity contribution in [3.63, 3.8) is 0 Å². The predicted octanol–water partition coefficient (Wildman–Crippen LogP) is 2.31. The second-order valence-corrected chi connectivity index (χ2v) is 10.7. The SMILES string of the molecule is CC(C(=O)O)N(Oc1ccccc1)[PH](=O)OC[C@H]1CC2=CC[C@@H](n3ccc(=O)[nH]c3=O)[C@](C)(F)C2[C@@H]1O. The molecule has 2 aliphatic carbocycles. The Labute approximate surface area is 212 Å². The van der Waals surface area contributed by atoms with Crippen LogP contribution in [0.25, 0.3) is 0 Å². The van der Waals surface area contributed by atoms with E-state index in [-0.39, 0.29) is 25.2 Å². The van der Waals surface area contributed by atoms with Gasteiger partial charge in [-0.3, -0.25) is 23.7 Å². The van der Waals surface area contributed by atoms with Crippen LogP contribution in [0.15, 0.2) is 63.8 Å². The molecule has 4 rings (SSSR count). The molecular formula is C24H29FN3O8P. The molecule has 1 saturated carbocycles. The number of H-pyrrole nitrogens is 1. The van der Waals surface area contributed by atoms with E-state index in [9.17, 15) is 29.2 Å². The van der Waals surface area contributed by atoms with E-state index in [2.05, 4.69) is 4.98 Å². The summed E-state index contributed by atoms with van der Waals surface area (Å²) in [6.45, 7) is 2.38. The van der Waals surface area contributed by atoms with Crippen LogP contribution in [-0.4, -0.2) is 55.0 Å². The van der Waals surface area contributed by atoms with Crippen LogP contribution in [0, 0.1) is 11.8 Å². The van der Waals surface area contributed by atoms with Gasteiger partial charge in [0.1, 0.15) is 17.5 Å². The largest absolute Gasteiger partial charge is 0.480 e. The molecule has 1 fully saturated rings. The van der Waals surface area contributed by atoms with Crippen molar-refractivity contribution in [2.75, 3.05) is 6.61 Å². The third-order valence-electron chi connectivity index (χ3n) is 7.03. The van der Waals surface area contributed by atoms with Crippen molar-refractivity contribution in [3.05, 3.63) is 75.1 Å². The average molecular weight is 537 g/mol. The number of halogens is 1. The van der Waals surface area contributed by atoms with Gasteiger partial charge in [0.25, 0.3) is 13.7 Å². The highest BCUT2D eigenvalue weighted by Gasteiger charge is 2.55. The number of aromatic nitrogens is 2. The first-order valence-electron chi connectivity index (χ1n) is 11.8. The molecule has 3 unspecified atom stereocenters. The number of hydrogen-bond donors (Lipinski definition) is 3. The van der Waals surface area contributed by atoms with Crippen molar-refractivity contribution in [1.82, 2.24) is 14.4 Å². The van der Waals surface area contributed by atoms with E-state index in [0.29, 0.717) is 5.57 Å². The van der Waals surface area contributed by atoms with Crippen molar-refractivity contribution in [2.24, 2.45) is 11.8 Å². The van der Waals surface area contributed by atoms with Gasteiger partial charge in [0.15, 0.2) is 0 Å². The third-order valence-corrected chi connectivity index (χ3v) is 8.28. The van der Waals surface area contributed by atoms with E-state index in [1.165, 1.54) is 20.0 Å². The van der Waals surface area contributed by atoms with Crippen LogP contribution in [0.4, 0.5) is 4.39 Å². The lowest BCUT2D eigenvalue weighted by molar-refractivity contribution is -0.148. The van der Waals surface area contributed by atoms with E-state index in [1.54, 1.807) is 36.4 Å². The Bertz CT molecular complexity index is 1310. The fraction of sp³-hybridized carbons (Fsp3) is 0.458. The summed E-state index contributed by atoms with van der Waals surface area (Å²) >= 11 is 0. The summed E-state index contributed by atoms with van der Waals surface area (Å²) in [5.41, 5.74) is -2.71. The number of nitrogens with one attached hydrogen (secondary N) is 1. The van der Waals surface area contributed by atoms with E-state index in [0.717, 1.165) is 15.5 Å². The number of aliphatic hydroxyl groups is 1. The highest BCUT2D eigenvalue weighted by atomic mass is 31.1. The maximum absolute atomic E-state index is 16.2. The molecule has 0 radical (unpaired) electrons. The van der Waals surface area contributed by atoms with E-state index < -0.39 is 61.1 Å². The van der Waals surface area contributed by atoms with Crippen LogP contribution < -0.4 is 16.1 Å². The summed E-state index contributed by atoms with van der Waals surface area (Å²) in [5.74, 6) is -2.57. The number of carbonyl (C=O) groups is 1. The van der Waals surface area contributed by atoms with Crippen LogP contribution >= 0.6 is 8.18 Å². The molecule has 0 bridgehead atoms. The normalized spacial score (nSPS) is 28.8. The molecule has 3 N–H and O–H groups in total. The average Bonchev–Trinajstić information content (AvgIpc) is 3.18. The van der Waals surface area contributed by atoms with Crippen molar-refractivity contribution in [3.8, 4) is 5.75 Å². The Kier molecular flexibility index (Phi) is 7.84. The van der Waals surface area contributed by atoms with Crippen molar-refractivity contribution >= 4 is 14.1 Å². The first kappa shape index (κ1) is 27.0. The molecule has 13 heteroatoms. The minimum atomic E-state index is -3.23. The molecule has 37 heavy (non-hydrogen) atoms. The van der Waals surface area contributed by atoms with Gasteiger partial charge < -0.3 is 19.6 Å². The van der Waals surface area contributed by atoms with Gasteiger partial charge in [-0.2, -0.15) is 0 Å². The molecule has 1 aromatic carbocycles. The molecule has 1 aromatic heterocycles. The summed E-state index contributed by atoms with van der Waals surface area (Å²) in [6, 6.07) is 7.11. The van der Waals surface area contributed by atoms with Gasteiger partial charge in [-0.1, -0.05) is 34.7 Å². The zero-order valence-electron chi connectivity index (χ0n) is 20.2. The lowest BCUT2D eigenvalue weighted by atomic mass is 9.74. The molecular weight excluding hydrogens is 508 g/mol. The summed E-state index contributed by atoms with van der Waals surface area (Å²) in [5, 5.41) is 20.5. The number of aliphatic hydroxyl groups excluding tert-OH is 1. The molecule has 2 aliphatic rings. The molecule has 11 nitrogen and oxygen atoms in total. The summed E-state index contributed by atoms with van der Waals surface area (Å²) in [6.07, 6.45) is 2.26. The molecule has 200 valence electrons. The van der Waals surface area contributed by atoms with Crippen molar-refractivity contribution in [1.29, 1.82) is 0 Å². The number of aromatic amines is 1. The van der Waals surface area contributed by atoms with E-state index in [1.807, 2.05) is 0 Å². The fourth-order valence-electron chi connectivity index (χ4n) is 5.08. The Morgan fingerprint density at radius 2 is 2.03 bits per heavy atom. The van der Waals surface area contributed by atoms with Crippen molar-refractivity contribution < 1.29 is 33.3 Å². The summed E-state index contributed by atoms with van der Waals surface area (Å²) < 4.78 is 35.8. The van der Waals surface area contributed by atoms with Crippen LogP contribution in [0.3, 0.4) is 0 Å². The molecule has 0 aliphatic heterocycles. The molecule has 0 spiro atoms. The molecule has 2 aromatic rings. The second kappa shape index (κ2) is 10.7. The molecule has 0 saturated heterocycles. The number of nitrogens with zero attached hydrogens (tertiary/aromatic N) is 2. The number of fused-ring (bicyclic) bond motifs is 1. The first-order chi connectivity index (χ1) is 17.5. The van der Waals surface area contributed by atoms with Gasteiger partial charge in [0.2, 0.25) is 0 Å².